The molecule has 2 heteroatoms. The summed E-state index contributed by atoms with van der Waals surface area (Å²) in [7, 11) is 0. The molecule has 2 nitrogen and oxygen atoms in total. The van der Waals surface area contributed by atoms with Gasteiger partial charge in [0.1, 0.15) is 6.54 Å². The van der Waals surface area contributed by atoms with Gasteiger partial charge in [-0.3, -0.25) is 0 Å². The van der Waals surface area contributed by atoms with E-state index < -0.39 is 0 Å². The summed E-state index contributed by atoms with van der Waals surface area (Å²) in [5.41, 5.74) is 1.96. The first-order valence-electron chi connectivity index (χ1n) is 9.40. The molecule has 0 saturated carbocycles. The van der Waals surface area contributed by atoms with Crippen LogP contribution in [0.2, 0.25) is 0 Å². The van der Waals surface area contributed by atoms with Gasteiger partial charge in [0.2, 0.25) is 0 Å². The molecule has 2 N–H and O–H groups in total. The van der Waals surface area contributed by atoms with E-state index in [2.05, 4.69) is 63.3 Å². The smallest absolute Gasteiger partial charge is 0.101 e. The number of nitrogens with two attached hydrogens (primary N) is 1. The SMILES string of the molecule is CC(C)CC[C@]1(CC[NH2+]Cc2ccccc2)CCOC(C)(C)C1. The molecular weight excluding hydrogens is 282 g/mol. The maximum Gasteiger partial charge on any atom is 0.101 e. The highest BCUT2D eigenvalue weighted by molar-refractivity contribution is 5.12. The molecule has 0 amide bonds. The molecule has 1 saturated heterocycles. The lowest BCUT2D eigenvalue weighted by Gasteiger charge is -2.45. The second kappa shape index (κ2) is 8.30. The van der Waals surface area contributed by atoms with Crippen LogP contribution < -0.4 is 5.32 Å². The van der Waals surface area contributed by atoms with Crippen LogP contribution in [0.5, 0.6) is 0 Å². The standard InChI is InChI=1S/C21H35NO/c1-18(2)10-11-21(13-15-23-20(3,4)17-21)12-14-22-16-19-8-6-5-7-9-19/h5-9,18,22H,10-17H2,1-4H3/p+1/t21-/m0/s1. The third-order valence-electron chi connectivity index (χ3n) is 5.28. The van der Waals surface area contributed by atoms with E-state index in [1.165, 1.54) is 44.2 Å². The molecule has 0 aromatic heterocycles. The van der Waals surface area contributed by atoms with Crippen molar-refractivity contribution in [2.24, 2.45) is 11.3 Å². The predicted molar refractivity (Wildman–Crippen MR) is 97.3 cm³/mol. The molecule has 130 valence electrons. The number of hydrogen-bond donors (Lipinski definition) is 1. The molecule has 1 aromatic rings. The van der Waals surface area contributed by atoms with Crippen molar-refractivity contribution >= 4 is 0 Å². The lowest BCUT2D eigenvalue weighted by atomic mass is 9.68. The molecule has 1 atom stereocenters. The predicted octanol–water partition coefficient (Wildman–Crippen LogP) is 4.15. The van der Waals surface area contributed by atoms with Crippen molar-refractivity contribution in [3.05, 3.63) is 35.9 Å². The second-order valence-corrected chi connectivity index (χ2v) is 8.48. The summed E-state index contributed by atoms with van der Waals surface area (Å²) in [5.74, 6) is 0.797. The van der Waals surface area contributed by atoms with Crippen LogP contribution in [0.15, 0.2) is 30.3 Å². The first-order valence-corrected chi connectivity index (χ1v) is 9.40. The number of ether oxygens (including phenoxy) is 1. The minimum atomic E-state index is 0.0503. The van der Waals surface area contributed by atoms with Gasteiger partial charge in [0, 0.05) is 18.6 Å². The fourth-order valence-corrected chi connectivity index (χ4v) is 4.02. The van der Waals surface area contributed by atoms with Gasteiger partial charge in [0.25, 0.3) is 0 Å². The molecule has 0 radical (unpaired) electrons. The second-order valence-electron chi connectivity index (χ2n) is 8.48. The van der Waals surface area contributed by atoms with Crippen molar-refractivity contribution < 1.29 is 10.1 Å². The number of rotatable bonds is 8. The van der Waals surface area contributed by atoms with Gasteiger partial charge in [-0.25, -0.2) is 0 Å². The van der Waals surface area contributed by atoms with Crippen LogP contribution in [0.4, 0.5) is 0 Å². The summed E-state index contributed by atoms with van der Waals surface area (Å²) in [6.45, 7) is 12.5. The Hall–Kier alpha value is -0.860. The summed E-state index contributed by atoms with van der Waals surface area (Å²) in [4.78, 5) is 0. The van der Waals surface area contributed by atoms with Gasteiger partial charge in [-0.15, -0.1) is 0 Å². The van der Waals surface area contributed by atoms with Crippen LogP contribution in [0.25, 0.3) is 0 Å². The van der Waals surface area contributed by atoms with Crippen molar-refractivity contribution in [2.45, 2.75) is 71.9 Å². The molecule has 0 aliphatic carbocycles. The highest BCUT2D eigenvalue weighted by Gasteiger charge is 2.40. The van der Waals surface area contributed by atoms with E-state index in [0.29, 0.717) is 5.41 Å². The van der Waals surface area contributed by atoms with Crippen LogP contribution in [-0.2, 0) is 11.3 Å². The molecule has 0 bridgehead atoms. The quantitative estimate of drug-likeness (QED) is 0.716. The molecule has 1 aliphatic heterocycles. The minimum Gasteiger partial charge on any atom is -0.376 e. The Labute approximate surface area is 143 Å². The van der Waals surface area contributed by atoms with Crippen molar-refractivity contribution in [1.82, 2.24) is 0 Å². The Morgan fingerprint density at radius 3 is 2.52 bits per heavy atom. The van der Waals surface area contributed by atoms with Crippen LogP contribution in [0.1, 0.15) is 65.4 Å². The third-order valence-corrected chi connectivity index (χ3v) is 5.28. The van der Waals surface area contributed by atoms with E-state index in [1.807, 2.05) is 0 Å². The monoisotopic (exact) mass is 318 g/mol. The summed E-state index contributed by atoms with van der Waals surface area (Å²) in [6, 6.07) is 10.8. The van der Waals surface area contributed by atoms with Crippen molar-refractivity contribution in [1.29, 1.82) is 0 Å². The Morgan fingerprint density at radius 2 is 1.87 bits per heavy atom. The average Bonchev–Trinajstić information content (AvgIpc) is 2.50. The molecule has 1 fully saturated rings. The fourth-order valence-electron chi connectivity index (χ4n) is 4.02. The Balaban J connectivity index is 1.87. The Morgan fingerprint density at radius 1 is 1.13 bits per heavy atom. The van der Waals surface area contributed by atoms with Crippen LogP contribution in [-0.4, -0.2) is 18.8 Å². The van der Waals surface area contributed by atoms with E-state index >= 15 is 0 Å². The molecule has 1 heterocycles. The van der Waals surface area contributed by atoms with Crippen LogP contribution in [0.3, 0.4) is 0 Å². The molecule has 1 aliphatic rings. The first kappa shape index (κ1) is 18.5. The van der Waals surface area contributed by atoms with Gasteiger partial charge in [-0.2, -0.15) is 0 Å². The number of quaternary nitrogens is 1. The number of benzene rings is 1. The Bertz CT molecular complexity index is 454. The summed E-state index contributed by atoms with van der Waals surface area (Å²) in [6.07, 6.45) is 6.47. The summed E-state index contributed by atoms with van der Waals surface area (Å²) < 4.78 is 5.99. The van der Waals surface area contributed by atoms with Gasteiger partial charge in [-0.1, -0.05) is 50.6 Å². The van der Waals surface area contributed by atoms with Crippen molar-refractivity contribution in [3.63, 3.8) is 0 Å². The zero-order valence-electron chi connectivity index (χ0n) is 15.6. The van der Waals surface area contributed by atoms with Crippen molar-refractivity contribution in [3.8, 4) is 0 Å². The topological polar surface area (TPSA) is 25.8 Å². The number of hydrogen-bond acceptors (Lipinski definition) is 1. The normalized spacial score (nSPS) is 24.0. The average molecular weight is 319 g/mol. The van der Waals surface area contributed by atoms with Crippen molar-refractivity contribution in [2.75, 3.05) is 13.2 Å². The largest absolute Gasteiger partial charge is 0.376 e. The van der Waals surface area contributed by atoms with Gasteiger partial charge < -0.3 is 10.1 Å². The molecule has 1 aromatic carbocycles. The molecular formula is C21H36NO+. The lowest BCUT2D eigenvalue weighted by Crippen LogP contribution is -2.83. The van der Waals surface area contributed by atoms with Crippen LogP contribution >= 0.6 is 0 Å². The molecule has 0 unspecified atom stereocenters. The van der Waals surface area contributed by atoms with E-state index in [1.54, 1.807) is 0 Å². The highest BCUT2D eigenvalue weighted by Crippen LogP contribution is 2.45. The summed E-state index contributed by atoms with van der Waals surface area (Å²) >= 11 is 0. The summed E-state index contributed by atoms with van der Waals surface area (Å²) in [5, 5.41) is 2.48. The van der Waals surface area contributed by atoms with Gasteiger partial charge >= 0.3 is 0 Å². The zero-order chi connectivity index (χ0) is 16.8. The van der Waals surface area contributed by atoms with Gasteiger partial charge in [0.05, 0.1) is 12.1 Å². The maximum absolute atomic E-state index is 5.99. The van der Waals surface area contributed by atoms with Crippen LogP contribution in [0, 0.1) is 11.3 Å². The zero-order valence-corrected chi connectivity index (χ0v) is 15.6. The molecule has 2 rings (SSSR count). The van der Waals surface area contributed by atoms with E-state index in [4.69, 9.17) is 4.74 Å². The molecule has 0 spiro atoms. The third kappa shape index (κ3) is 6.27. The fraction of sp³-hybridized carbons (Fsp3) is 0.714. The highest BCUT2D eigenvalue weighted by atomic mass is 16.5. The van der Waals surface area contributed by atoms with E-state index in [9.17, 15) is 0 Å². The van der Waals surface area contributed by atoms with Gasteiger partial charge in [0.15, 0.2) is 0 Å². The first-order chi connectivity index (χ1) is 10.9. The molecule has 23 heavy (non-hydrogen) atoms. The van der Waals surface area contributed by atoms with E-state index in [0.717, 1.165) is 19.1 Å². The van der Waals surface area contributed by atoms with Gasteiger partial charge in [-0.05, 0) is 44.4 Å². The lowest BCUT2D eigenvalue weighted by molar-refractivity contribution is -0.672. The minimum absolute atomic E-state index is 0.0503. The van der Waals surface area contributed by atoms with E-state index in [-0.39, 0.29) is 5.60 Å². The Kier molecular flexibility index (Phi) is 6.67. The maximum atomic E-state index is 5.99.